The molecule has 0 atom stereocenters. The molecule has 1 aliphatic rings. The van der Waals surface area contributed by atoms with E-state index in [-0.39, 0.29) is 18.9 Å². The average Bonchev–Trinajstić information content (AvgIpc) is 3.25. The summed E-state index contributed by atoms with van der Waals surface area (Å²) < 4.78 is 5.18. The molecule has 1 saturated carbocycles. The van der Waals surface area contributed by atoms with Gasteiger partial charge in [-0.25, -0.2) is 0 Å². The Bertz CT molecular complexity index is 768. The lowest BCUT2D eigenvalue weighted by molar-refractivity contribution is -0.143. The number of halogens is 1. The van der Waals surface area contributed by atoms with Crippen LogP contribution in [0, 0.1) is 5.41 Å². The van der Waals surface area contributed by atoms with Crippen molar-refractivity contribution in [3.63, 3.8) is 0 Å². The highest BCUT2D eigenvalue weighted by Gasteiger charge is 2.50. The van der Waals surface area contributed by atoms with Crippen molar-refractivity contribution in [2.75, 3.05) is 6.54 Å². The minimum Gasteiger partial charge on any atom is -0.481 e. The Labute approximate surface area is 149 Å². The molecule has 0 aliphatic heterocycles. The van der Waals surface area contributed by atoms with Crippen LogP contribution in [0.1, 0.15) is 31.6 Å². The number of carbonyl (C=O) groups excluding carboxylic acids is 1. The molecule has 0 spiro atoms. The summed E-state index contributed by atoms with van der Waals surface area (Å²) in [5.41, 5.74) is 0.0656. The van der Waals surface area contributed by atoms with Crippen molar-refractivity contribution in [2.45, 2.75) is 32.1 Å². The zero-order valence-electron chi connectivity index (χ0n) is 13.5. The van der Waals surface area contributed by atoms with Crippen LogP contribution in [0.15, 0.2) is 28.8 Å². The van der Waals surface area contributed by atoms with E-state index in [4.69, 9.17) is 21.2 Å². The van der Waals surface area contributed by atoms with Gasteiger partial charge in [-0.05, 0) is 43.5 Å². The zero-order valence-corrected chi connectivity index (χ0v) is 14.3. The standard InChI is InChI=1S/C17H18ClN3O4/c18-12-6-4-11(5-7-12)15-20-14(25-21-15)3-1-2-13(22)19-10-17(8-9-17)16(23)24/h4-7H,1-3,8-10H2,(H,19,22)(H,23,24). The molecule has 7 nitrogen and oxygen atoms in total. The molecule has 1 heterocycles. The molecule has 1 aromatic carbocycles. The highest BCUT2D eigenvalue weighted by Crippen LogP contribution is 2.45. The average molecular weight is 364 g/mol. The lowest BCUT2D eigenvalue weighted by atomic mass is 10.1. The van der Waals surface area contributed by atoms with Gasteiger partial charge < -0.3 is 14.9 Å². The summed E-state index contributed by atoms with van der Waals surface area (Å²) in [5, 5.41) is 16.3. The summed E-state index contributed by atoms with van der Waals surface area (Å²) in [4.78, 5) is 27.1. The Morgan fingerprint density at radius 2 is 2.00 bits per heavy atom. The molecule has 2 aromatic rings. The first-order valence-corrected chi connectivity index (χ1v) is 8.45. The molecule has 2 N–H and O–H groups in total. The van der Waals surface area contributed by atoms with Gasteiger partial charge in [-0.1, -0.05) is 16.8 Å². The number of aromatic nitrogens is 2. The number of carboxylic acids is 1. The van der Waals surface area contributed by atoms with Crippen molar-refractivity contribution in [1.29, 1.82) is 0 Å². The zero-order chi connectivity index (χ0) is 17.9. The minimum atomic E-state index is -0.839. The molecule has 132 valence electrons. The summed E-state index contributed by atoms with van der Waals surface area (Å²) in [6, 6.07) is 7.11. The monoisotopic (exact) mass is 363 g/mol. The second-order valence-corrected chi connectivity index (χ2v) is 6.67. The number of benzene rings is 1. The van der Waals surface area contributed by atoms with E-state index in [2.05, 4.69) is 15.5 Å². The number of nitrogens with one attached hydrogen (secondary N) is 1. The fraction of sp³-hybridized carbons (Fsp3) is 0.412. The normalized spacial score (nSPS) is 14.9. The van der Waals surface area contributed by atoms with Crippen LogP contribution >= 0.6 is 11.6 Å². The lowest BCUT2D eigenvalue weighted by Gasteiger charge is -2.10. The van der Waals surface area contributed by atoms with Crippen LogP contribution in [0.2, 0.25) is 5.02 Å². The van der Waals surface area contributed by atoms with Crippen LogP contribution < -0.4 is 5.32 Å². The van der Waals surface area contributed by atoms with E-state index in [0.717, 1.165) is 5.56 Å². The Balaban J connectivity index is 1.42. The quantitative estimate of drug-likeness (QED) is 0.747. The van der Waals surface area contributed by atoms with Crippen molar-refractivity contribution in [3.05, 3.63) is 35.2 Å². The first-order chi connectivity index (χ1) is 12.0. The predicted molar refractivity (Wildman–Crippen MR) is 90.0 cm³/mol. The number of carbonyl (C=O) groups is 2. The van der Waals surface area contributed by atoms with Crippen LogP contribution in [0.4, 0.5) is 0 Å². The van der Waals surface area contributed by atoms with Gasteiger partial charge in [-0.15, -0.1) is 0 Å². The Morgan fingerprint density at radius 3 is 2.64 bits per heavy atom. The van der Waals surface area contributed by atoms with Gasteiger partial charge in [0.2, 0.25) is 17.6 Å². The molecule has 0 unspecified atom stereocenters. The number of hydrogen-bond donors (Lipinski definition) is 2. The second-order valence-electron chi connectivity index (χ2n) is 6.23. The largest absolute Gasteiger partial charge is 0.481 e. The molecule has 0 radical (unpaired) electrons. The molecule has 0 saturated heterocycles. The van der Waals surface area contributed by atoms with Gasteiger partial charge >= 0.3 is 5.97 Å². The van der Waals surface area contributed by atoms with Crippen LogP contribution in [-0.4, -0.2) is 33.7 Å². The van der Waals surface area contributed by atoms with E-state index >= 15 is 0 Å². The van der Waals surface area contributed by atoms with Crippen molar-refractivity contribution >= 4 is 23.5 Å². The van der Waals surface area contributed by atoms with Crippen molar-refractivity contribution < 1.29 is 19.2 Å². The van der Waals surface area contributed by atoms with E-state index in [9.17, 15) is 9.59 Å². The molecule has 3 rings (SSSR count). The summed E-state index contributed by atoms with van der Waals surface area (Å²) >= 11 is 5.84. The van der Waals surface area contributed by atoms with Gasteiger partial charge in [-0.3, -0.25) is 9.59 Å². The van der Waals surface area contributed by atoms with Crippen LogP contribution in [0.25, 0.3) is 11.4 Å². The van der Waals surface area contributed by atoms with Gasteiger partial charge in [0.25, 0.3) is 0 Å². The summed E-state index contributed by atoms with van der Waals surface area (Å²) in [7, 11) is 0. The van der Waals surface area contributed by atoms with E-state index in [1.54, 1.807) is 24.3 Å². The third-order valence-corrected chi connectivity index (χ3v) is 4.55. The fourth-order valence-electron chi connectivity index (χ4n) is 2.45. The van der Waals surface area contributed by atoms with Crippen LogP contribution in [-0.2, 0) is 16.0 Å². The molecule has 1 aliphatic carbocycles. The molecular weight excluding hydrogens is 346 g/mol. The predicted octanol–water partition coefficient (Wildman–Crippen LogP) is 2.69. The number of nitrogens with zero attached hydrogens (tertiary/aromatic N) is 2. The first kappa shape index (κ1) is 17.4. The fourth-order valence-corrected chi connectivity index (χ4v) is 2.57. The number of rotatable bonds is 8. The number of amides is 1. The molecule has 0 bridgehead atoms. The maximum atomic E-state index is 11.8. The van der Waals surface area contributed by atoms with E-state index < -0.39 is 11.4 Å². The number of hydrogen-bond acceptors (Lipinski definition) is 5. The van der Waals surface area contributed by atoms with Crippen LogP contribution in [0.5, 0.6) is 0 Å². The molecular formula is C17H18ClN3O4. The van der Waals surface area contributed by atoms with Crippen molar-refractivity contribution in [2.24, 2.45) is 5.41 Å². The molecule has 1 fully saturated rings. The van der Waals surface area contributed by atoms with Crippen LogP contribution in [0.3, 0.4) is 0 Å². The van der Waals surface area contributed by atoms with Gasteiger partial charge in [0.05, 0.1) is 5.41 Å². The third kappa shape index (κ3) is 4.36. The Hall–Kier alpha value is -2.41. The minimum absolute atomic E-state index is 0.162. The van der Waals surface area contributed by atoms with Gasteiger partial charge in [0.15, 0.2) is 0 Å². The maximum Gasteiger partial charge on any atom is 0.311 e. The summed E-state index contributed by atoms with van der Waals surface area (Å²) in [5.74, 6) is -0.0615. The van der Waals surface area contributed by atoms with Crippen molar-refractivity contribution in [1.82, 2.24) is 15.5 Å². The topological polar surface area (TPSA) is 105 Å². The number of aliphatic carboxylic acids is 1. The van der Waals surface area contributed by atoms with E-state index in [1.165, 1.54) is 0 Å². The Morgan fingerprint density at radius 1 is 1.28 bits per heavy atom. The lowest BCUT2D eigenvalue weighted by Crippen LogP contribution is -2.34. The first-order valence-electron chi connectivity index (χ1n) is 8.07. The number of carboxylic acid groups (broad SMARTS) is 1. The Kier molecular flexibility index (Phi) is 5.03. The van der Waals surface area contributed by atoms with Gasteiger partial charge in [-0.2, -0.15) is 4.98 Å². The highest BCUT2D eigenvalue weighted by molar-refractivity contribution is 6.30. The van der Waals surface area contributed by atoms with Gasteiger partial charge in [0, 0.05) is 30.0 Å². The summed E-state index contributed by atoms with van der Waals surface area (Å²) in [6.45, 7) is 0.197. The maximum absolute atomic E-state index is 11.8. The highest BCUT2D eigenvalue weighted by atomic mass is 35.5. The molecule has 8 heteroatoms. The third-order valence-electron chi connectivity index (χ3n) is 4.30. The van der Waals surface area contributed by atoms with E-state index in [0.29, 0.717) is 42.4 Å². The van der Waals surface area contributed by atoms with Crippen molar-refractivity contribution in [3.8, 4) is 11.4 Å². The van der Waals surface area contributed by atoms with E-state index in [1.807, 2.05) is 0 Å². The number of aryl methyl sites for hydroxylation is 1. The molecule has 25 heavy (non-hydrogen) atoms. The smallest absolute Gasteiger partial charge is 0.311 e. The SMILES string of the molecule is O=C(CCCc1nc(-c2ccc(Cl)cc2)no1)NCC1(C(=O)O)CC1. The molecule has 1 amide bonds. The molecule has 1 aromatic heterocycles. The summed E-state index contributed by atoms with van der Waals surface area (Å²) in [6.07, 6.45) is 2.57. The van der Waals surface area contributed by atoms with Gasteiger partial charge in [0.1, 0.15) is 0 Å². The second kappa shape index (κ2) is 7.23.